The quantitative estimate of drug-likeness (QED) is 0.290. The van der Waals surface area contributed by atoms with E-state index < -0.39 is 5.60 Å². The van der Waals surface area contributed by atoms with Crippen LogP contribution in [0.1, 0.15) is 87.9 Å². The number of aryl methyl sites for hydroxylation is 1. The Morgan fingerprint density at radius 1 is 1.05 bits per heavy atom. The number of hydrazine groups is 1. The van der Waals surface area contributed by atoms with Crippen molar-refractivity contribution in [3.63, 3.8) is 0 Å². The molecule has 0 unspecified atom stereocenters. The highest BCUT2D eigenvalue weighted by Crippen LogP contribution is 2.32. The Bertz CT molecular complexity index is 1280. The molecule has 1 saturated heterocycles. The largest absolute Gasteiger partial charge is 0.494 e. The van der Waals surface area contributed by atoms with E-state index in [0.29, 0.717) is 37.1 Å². The second kappa shape index (κ2) is 15.1. The average Bonchev–Trinajstić information content (AvgIpc) is 3.26. The lowest BCUT2D eigenvalue weighted by molar-refractivity contribution is -0.138. The number of carbonyl (C=O) groups is 3. The number of hydrogen-bond donors (Lipinski definition) is 0. The van der Waals surface area contributed by atoms with Crippen LogP contribution in [0.2, 0.25) is 5.02 Å². The van der Waals surface area contributed by atoms with Crippen LogP contribution in [0, 0.1) is 12.8 Å². The molecule has 0 aliphatic carbocycles. The van der Waals surface area contributed by atoms with Crippen LogP contribution in [0.4, 0.5) is 4.79 Å². The minimum atomic E-state index is -0.469. The molecule has 0 aromatic heterocycles. The maximum atomic E-state index is 13.2. The molecule has 2 heterocycles. The van der Waals surface area contributed by atoms with Gasteiger partial charge in [0.15, 0.2) is 0 Å². The fourth-order valence-corrected chi connectivity index (χ4v) is 5.26. The molecule has 2 aliphatic heterocycles. The smallest absolute Gasteiger partial charge is 0.410 e. The summed E-state index contributed by atoms with van der Waals surface area (Å²) in [5.41, 5.74) is 3.00. The molecular formula is C34H48ClN3O6. The van der Waals surface area contributed by atoms with Gasteiger partial charge in [0.25, 0.3) is 12.4 Å². The Balaban J connectivity index is 0.000000676. The molecule has 9 nitrogen and oxygen atoms in total. The number of nitrogens with zero attached hydrogens (tertiary/aromatic N) is 3. The summed E-state index contributed by atoms with van der Waals surface area (Å²) in [5, 5.41) is 4.44. The Labute approximate surface area is 267 Å². The van der Waals surface area contributed by atoms with Crippen molar-refractivity contribution in [1.82, 2.24) is 14.9 Å². The fourth-order valence-electron chi connectivity index (χ4n) is 5.13. The molecule has 44 heavy (non-hydrogen) atoms. The van der Waals surface area contributed by atoms with Crippen molar-refractivity contribution in [2.24, 2.45) is 5.92 Å². The summed E-state index contributed by atoms with van der Waals surface area (Å²) >= 11 is 6.00. The fraction of sp³-hybridized carbons (Fsp3) is 0.559. The number of hydrogen-bond acceptors (Lipinski definition) is 7. The second-order valence-corrected chi connectivity index (χ2v) is 13.9. The maximum absolute atomic E-state index is 13.2. The molecule has 0 N–H and O–H groups in total. The highest BCUT2D eigenvalue weighted by molar-refractivity contribution is 6.30. The van der Waals surface area contributed by atoms with Gasteiger partial charge in [0, 0.05) is 37.3 Å². The van der Waals surface area contributed by atoms with Crippen LogP contribution < -0.4 is 4.74 Å². The third-order valence-corrected chi connectivity index (χ3v) is 7.61. The molecule has 242 valence electrons. The lowest BCUT2D eigenvalue weighted by Crippen LogP contribution is -2.41. The molecule has 2 aliphatic rings. The average molecular weight is 630 g/mol. The Kier molecular flexibility index (Phi) is 12.1. The van der Waals surface area contributed by atoms with Gasteiger partial charge in [-0.2, -0.15) is 0 Å². The highest BCUT2D eigenvalue weighted by Gasteiger charge is 2.32. The van der Waals surface area contributed by atoms with Crippen molar-refractivity contribution >= 4 is 30.1 Å². The van der Waals surface area contributed by atoms with Gasteiger partial charge in [0.05, 0.1) is 13.2 Å². The van der Waals surface area contributed by atoms with Crippen molar-refractivity contribution in [3.8, 4) is 5.75 Å². The first kappa shape index (κ1) is 35.2. The van der Waals surface area contributed by atoms with Gasteiger partial charge in [-0.05, 0) is 115 Å². The molecule has 4 rings (SSSR count). The van der Waals surface area contributed by atoms with Crippen LogP contribution in [-0.2, 0) is 27.4 Å². The topological polar surface area (TPSA) is 88.6 Å². The molecule has 0 spiro atoms. The monoisotopic (exact) mass is 629 g/mol. The Morgan fingerprint density at radius 3 is 2.23 bits per heavy atom. The van der Waals surface area contributed by atoms with Crippen LogP contribution in [0.5, 0.6) is 5.75 Å². The minimum Gasteiger partial charge on any atom is -0.494 e. The van der Waals surface area contributed by atoms with E-state index >= 15 is 0 Å². The lowest BCUT2D eigenvalue weighted by atomic mass is 9.94. The summed E-state index contributed by atoms with van der Waals surface area (Å²) < 4.78 is 16.2. The summed E-state index contributed by atoms with van der Waals surface area (Å²) in [6, 6.07) is 11.6. The molecule has 2 aromatic carbocycles. The van der Waals surface area contributed by atoms with Crippen LogP contribution >= 0.6 is 11.6 Å². The lowest BCUT2D eigenvalue weighted by Gasteiger charge is -2.33. The number of fused-ring (bicyclic) bond motifs is 1. The summed E-state index contributed by atoms with van der Waals surface area (Å²) in [6.45, 7) is 16.8. The van der Waals surface area contributed by atoms with Gasteiger partial charge >= 0.3 is 6.09 Å². The number of ether oxygens (including phenoxy) is 3. The van der Waals surface area contributed by atoms with Crippen LogP contribution in [0.25, 0.3) is 0 Å². The van der Waals surface area contributed by atoms with Gasteiger partial charge in [-0.25, -0.2) is 9.80 Å². The zero-order valence-corrected chi connectivity index (χ0v) is 28.2. The number of halogens is 1. The van der Waals surface area contributed by atoms with Gasteiger partial charge in [0.1, 0.15) is 17.0 Å². The molecular weight excluding hydrogens is 582 g/mol. The predicted molar refractivity (Wildman–Crippen MR) is 172 cm³/mol. The Hall–Kier alpha value is -3.30. The molecule has 0 atom stereocenters. The number of carbonyl (C=O) groups excluding carboxylic acids is 3. The number of rotatable bonds is 8. The molecule has 0 saturated carbocycles. The summed E-state index contributed by atoms with van der Waals surface area (Å²) in [6.07, 6.45) is 2.62. The summed E-state index contributed by atoms with van der Waals surface area (Å²) in [5.74, 6) is 1.34. The van der Waals surface area contributed by atoms with E-state index in [-0.39, 0.29) is 17.6 Å². The van der Waals surface area contributed by atoms with Crippen molar-refractivity contribution in [3.05, 3.63) is 63.7 Å². The number of amides is 2. The van der Waals surface area contributed by atoms with E-state index in [4.69, 9.17) is 21.1 Å². The predicted octanol–water partition coefficient (Wildman–Crippen LogP) is 7.03. The van der Waals surface area contributed by atoms with E-state index in [2.05, 4.69) is 4.74 Å². The highest BCUT2D eigenvalue weighted by atomic mass is 35.5. The SMILES string of the molecule is CC(C)(C)OC=O.Cc1cc(OCCC2CCN(C(=O)OC(C)(C)C)CC2)cc2c1C(=O)N(N(C)Cc1ccc(Cl)cc1)C2. The molecule has 2 amide bonds. The summed E-state index contributed by atoms with van der Waals surface area (Å²) in [7, 11) is 1.93. The van der Waals surface area contributed by atoms with Crippen LogP contribution in [0.15, 0.2) is 36.4 Å². The zero-order valence-electron chi connectivity index (χ0n) is 27.4. The number of piperidine rings is 1. The van der Waals surface area contributed by atoms with E-state index in [1.807, 2.05) is 96.9 Å². The molecule has 1 fully saturated rings. The molecule has 2 aromatic rings. The molecule has 10 heteroatoms. The standard InChI is InChI=1S/C29H38ClN3O4.C5H10O2/c1-20-16-25(36-15-12-21-10-13-32(14-11-21)28(35)37-29(2,3)4)17-23-19-33(27(34)26(20)23)31(5)18-22-6-8-24(30)9-7-22;1-5(2,3)7-4-6/h6-9,16-17,21H,10-15,18-19H2,1-5H3;4H,1-3H3. The minimum absolute atomic E-state index is 0.0206. The number of likely N-dealkylation sites (tertiary alicyclic amines) is 1. The van der Waals surface area contributed by atoms with E-state index in [9.17, 15) is 14.4 Å². The normalized spacial score (nSPS) is 15.5. The van der Waals surface area contributed by atoms with Gasteiger partial charge in [0.2, 0.25) is 0 Å². The van der Waals surface area contributed by atoms with Crippen molar-refractivity contribution in [1.29, 1.82) is 0 Å². The van der Waals surface area contributed by atoms with E-state index in [1.54, 1.807) is 9.91 Å². The van der Waals surface area contributed by atoms with Crippen molar-refractivity contribution in [2.45, 2.75) is 92.0 Å². The van der Waals surface area contributed by atoms with E-state index in [0.717, 1.165) is 60.4 Å². The first-order valence-corrected chi connectivity index (χ1v) is 15.6. The Morgan fingerprint density at radius 2 is 1.68 bits per heavy atom. The van der Waals surface area contributed by atoms with Gasteiger partial charge < -0.3 is 19.1 Å². The molecule has 0 radical (unpaired) electrons. The van der Waals surface area contributed by atoms with Crippen molar-refractivity contribution < 1.29 is 28.6 Å². The second-order valence-electron chi connectivity index (χ2n) is 13.5. The third kappa shape index (κ3) is 10.7. The van der Waals surface area contributed by atoms with Crippen molar-refractivity contribution in [2.75, 3.05) is 26.7 Å². The first-order valence-electron chi connectivity index (χ1n) is 15.2. The van der Waals surface area contributed by atoms with Crippen LogP contribution in [-0.4, -0.2) is 71.3 Å². The number of benzene rings is 2. The molecule has 0 bridgehead atoms. The van der Waals surface area contributed by atoms with Gasteiger partial charge in [-0.15, -0.1) is 0 Å². The van der Waals surface area contributed by atoms with E-state index in [1.165, 1.54) is 0 Å². The first-order chi connectivity index (χ1) is 20.6. The maximum Gasteiger partial charge on any atom is 0.410 e. The van der Waals surface area contributed by atoms with Crippen LogP contribution in [0.3, 0.4) is 0 Å². The summed E-state index contributed by atoms with van der Waals surface area (Å²) in [4.78, 5) is 36.9. The van der Waals surface area contributed by atoms with Gasteiger partial charge in [-0.1, -0.05) is 23.7 Å². The zero-order chi connectivity index (χ0) is 32.7. The third-order valence-electron chi connectivity index (χ3n) is 7.36. The van der Waals surface area contributed by atoms with Gasteiger partial charge in [-0.3, -0.25) is 14.6 Å².